The van der Waals surface area contributed by atoms with Crippen molar-refractivity contribution in [2.24, 2.45) is 0 Å². The summed E-state index contributed by atoms with van der Waals surface area (Å²) < 4.78 is 0. The quantitative estimate of drug-likeness (QED) is 0.452. The van der Waals surface area contributed by atoms with Gasteiger partial charge in [-0.1, -0.05) is 24.3 Å². The summed E-state index contributed by atoms with van der Waals surface area (Å²) in [6, 6.07) is 16.3. The fourth-order valence-electron chi connectivity index (χ4n) is 3.21. The van der Waals surface area contributed by atoms with Crippen LogP contribution in [0.3, 0.4) is 0 Å². The van der Waals surface area contributed by atoms with E-state index in [1.807, 2.05) is 36.5 Å². The maximum atomic E-state index is 5.68. The summed E-state index contributed by atoms with van der Waals surface area (Å²) in [6.45, 7) is 0. The van der Waals surface area contributed by atoms with Crippen molar-refractivity contribution in [1.82, 2.24) is 25.1 Å². The third-order valence-corrected chi connectivity index (χ3v) is 4.58. The van der Waals surface area contributed by atoms with Gasteiger partial charge >= 0.3 is 0 Å². The highest BCUT2D eigenvalue weighted by molar-refractivity contribution is 5.92. The molecule has 0 bridgehead atoms. The number of fused-ring (bicyclic) bond motifs is 2. The van der Waals surface area contributed by atoms with Crippen LogP contribution in [-0.2, 0) is 0 Å². The molecule has 6 heteroatoms. The van der Waals surface area contributed by atoms with Gasteiger partial charge in [0.1, 0.15) is 0 Å². The second kappa shape index (κ2) is 6.10. The largest absolute Gasteiger partial charge is 0.368 e. The lowest BCUT2D eigenvalue weighted by molar-refractivity contribution is 1.11. The Morgan fingerprint density at radius 3 is 2.81 bits per heavy atom. The van der Waals surface area contributed by atoms with Gasteiger partial charge in [0.25, 0.3) is 0 Å². The molecule has 130 valence electrons. The molecule has 5 rings (SSSR count). The maximum Gasteiger partial charge on any atom is 0.220 e. The highest BCUT2D eigenvalue weighted by atomic mass is 15.1. The molecule has 0 spiro atoms. The van der Waals surface area contributed by atoms with Crippen molar-refractivity contribution in [3.63, 3.8) is 0 Å². The van der Waals surface area contributed by atoms with Crippen molar-refractivity contribution >= 4 is 39.9 Å². The minimum Gasteiger partial charge on any atom is -0.368 e. The molecule has 0 unspecified atom stereocenters. The van der Waals surface area contributed by atoms with Gasteiger partial charge in [-0.15, -0.1) is 0 Å². The molecule has 0 amide bonds. The highest BCUT2D eigenvalue weighted by Crippen LogP contribution is 2.25. The summed E-state index contributed by atoms with van der Waals surface area (Å²) in [6.07, 6.45) is 7.69. The SMILES string of the molecule is Nc1nccc(-c2ccc3c(/C=C/c4ccc5cc[nH]c5c4)n[nH]c3c2)n1. The van der Waals surface area contributed by atoms with Crippen LogP contribution in [0.4, 0.5) is 5.95 Å². The minimum absolute atomic E-state index is 0.264. The van der Waals surface area contributed by atoms with Gasteiger partial charge in [0.05, 0.1) is 16.9 Å². The maximum absolute atomic E-state index is 5.68. The molecule has 2 aromatic carbocycles. The normalized spacial score (nSPS) is 11.7. The molecule has 3 aromatic heterocycles. The Hall–Kier alpha value is -3.93. The van der Waals surface area contributed by atoms with Crippen LogP contribution in [0.1, 0.15) is 11.3 Å². The minimum atomic E-state index is 0.264. The Balaban J connectivity index is 1.49. The molecule has 0 atom stereocenters. The molecule has 0 aliphatic rings. The smallest absolute Gasteiger partial charge is 0.220 e. The molecule has 6 nitrogen and oxygen atoms in total. The van der Waals surface area contributed by atoms with E-state index in [4.69, 9.17) is 5.73 Å². The molecule has 0 saturated heterocycles. The van der Waals surface area contributed by atoms with Crippen molar-refractivity contribution in [2.75, 3.05) is 5.73 Å². The fraction of sp³-hybridized carbons (Fsp3) is 0. The van der Waals surface area contributed by atoms with Gasteiger partial charge in [0.15, 0.2) is 0 Å². The summed E-state index contributed by atoms with van der Waals surface area (Å²) in [5.41, 5.74) is 11.5. The van der Waals surface area contributed by atoms with Crippen molar-refractivity contribution in [3.05, 3.63) is 72.2 Å². The topological polar surface area (TPSA) is 96.3 Å². The molecular weight excluding hydrogens is 336 g/mol. The van der Waals surface area contributed by atoms with E-state index in [1.54, 1.807) is 6.20 Å². The van der Waals surface area contributed by atoms with Crippen LogP contribution in [0.25, 0.3) is 45.2 Å². The average Bonchev–Trinajstić information content (AvgIpc) is 3.32. The second-order valence-corrected chi connectivity index (χ2v) is 6.33. The van der Waals surface area contributed by atoms with E-state index in [0.717, 1.165) is 38.9 Å². The van der Waals surface area contributed by atoms with E-state index in [0.29, 0.717) is 0 Å². The van der Waals surface area contributed by atoms with Crippen molar-refractivity contribution in [3.8, 4) is 11.3 Å². The summed E-state index contributed by atoms with van der Waals surface area (Å²) in [5.74, 6) is 0.264. The van der Waals surface area contributed by atoms with Gasteiger partial charge in [-0.3, -0.25) is 5.10 Å². The number of aromatic amines is 2. The summed E-state index contributed by atoms with van der Waals surface area (Å²) >= 11 is 0. The third kappa shape index (κ3) is 2.83. The van der Waals surface area contributed by atoms with Gasteiger partial charge in [-0.05, 0) is 47.4 Å². The van der Waals surface area contributed by atoms with Crippen LogP contribution >= 0.6 is 0 Å². The lowest BCUT2D eigenvalue weighted by Gasteiger charge is -2.01. The molecule has 0 radical (unpaired) electrons. The van der Waals surface area contributed by atoms with Crippen LogP contribution in [0, 0.1) is 0 Å². The predicted octanol–water partition coefficient (Wildman–Crippen LogP) is 4.25. The molecule has 0 saturated carbocycles. The molecule has 27 heavy (non-hydrogen) atoms. The zero-order chi connectivity index (χ0) is 18.2. The summed E-state index contributed by atoms with van der Waals surface area (Å²) in [7, 11) is 0. The van der Waals surface area contributed by atoms with Crippen LogP contribution < -0.4 is 5.73 Å². The number of nitrogens with one attached hydrogen (secondary N) is 2. The van der Waals surface area contributed by atoms with Crippen molar-refractivity contribution in [2.45, 2.75) is 0 Å². The summed E-state index contributed by atoms with van der Waals surface area (Å²) in [4.78, 5) is 11.4. The number of H-pyrrole nitrogens is 2. The zero-order valence-electron chi connectivity index (χ0n) is 14.3. The highest BCUT2D eigenvalue weighted by Gasteiger charge is 2.07. The lowest BCUT2D eigenvalue weighted by atomic mass is 10.1. The first kappa shape index (κ1) is 15.3. The standard InChI is InChI=1S/C21H16N6/c22-21-24-10-8-17(25-21)15-4-5-16-18(26-27-20(16)12-15)6-2-13-1-3-14-7-9-23-19(14)11-13/h1-12,23H,(H,26,27)(H2,22,24,25)/b6-2+. The monoisotopic (exact) mass is 352 g/mol. The van der Waals surface area contributed by atoms with Crippen molar-refractivity contribution in [1.29, 1.82) is 0 Å². The first-order valence-corrected chi connectivity index (χ1v) is 8.58. The number of nitrogen functional groups attached to an aromatic ring is 1. The first-order valence-electron chi connectivity index (χ1n) is 8.58. The Morgan fingerprint density at radius 2 is 1.89 bits per heavy atom. The number of nitrogens with two attached hydrogens (primary N) is 1. The van der Waals surface area contributed by atoms with E-state index in [9.17, 15) is 0 Å². The van der Waals surface area contributed by atoms with Crippen LogP contribution in [0.5, 0.6) is 0 Å². The molecule has 4 N–H and O–H groups in total. The lowest BCUT2D eigenvalue weighted by Crippen LogP contribution is -1.94. The van der Waals surface area contributed by atoms with Gasteiger partial charge in [0, 0.05) is 28.9 Å². The fourth-order valence-corrected chi connectivity index (χ4v) is 3.21. The number of aromatic nitrogens is 5. The summed E-state index contributed by atoms with van der Waals surface area (Å²) in [5, 5.41) is 9.79. The van der Waals surface area contributed by atoms with E-state index < -0.39 is 0 Å². The first-order chi connectivity index (χ1) is 13.3. The Labute approximate surface area is 154 Å². The van der Waals surface area contributed by atoms with Gasteiger partial charge in [0.2, 0.25) is 5.95 Å². The zero-order valence-corrected chi connectivity index (χ0v) is 14.3. The van der Waals surface area contributed by atoms with E-state index in [1.165, 1.54) is 5.39 Å². The van der Waals surface area contributed by atoms with Crippen LogP contribution in [0.2, 0.25) is 0 Å². The van der Waals surface area contributed by atoms with Crippen LogP contribution in [0.15, 0.2) is 60.9 Å². The average molecular weight is 352 g/mol. The Morgan fingerprint density at radius 1 is 0.926 bits per heavy atom. The number of hydrogen-bond acceptors (Lipinski definition) is 4. The number of hydrogen-bond donors (Lipinski definition) is 3. The third-order valence-electron chi connectivity index (χ3n) is 4.58. The van der Waals surface area contributed by atoms with E-state index in [-0.39, 0.29) is 5.95 Å². The second-order valence-electron chi connectivity index (χ2n) is 6.33. The molecular formula is C21H16N6. The Kier molecular flexibility index (Phi) is 3.47. The molecule has 5 aromatic rings. The van der Waals surface area contributed by atoms with Gasteiger partial charge in [-0.25, -0.2) is 9.97 Å². The van der Waals surface area contributed by atoms with Gasteiger partial charge < -0.3 is 10.7 Å². The van der Waals surface area contributed by atoms with E-state index >= 15 is 0 Å². The molecule has 0 aliphatic heterocycles. The van der Waals surface area contributed by atoms with Crippen LogP contribution in [-0.4, -0.2) is 25.1 Å². The number of rotatable bonds is 3. The number of nitrogens with zero attached hydrogens (tertiary/aromatic N) is 3. The Bertz CT molecular complexity index is 1290. The van der Waals surface area contributed by atoms with E-state index in [2.05, 4.69) is 55.5 Å². The predicted molar refractivity (Wildman–Crippen MR) is 109 cm³/mol. The molecule has 3 heterocycles. The molecule has 0 aliphatic carbocycles. The van der Waals surface area contributed by atoms with Gasteiger partial charge in [-0.2, -0.15) is 5.10 Å². The number of benzene rings is 2. The molecule has 0 fully saturated rings. The number of anilines is 1. The van der Waals surface area contributed by atoms with Crippen molar-refractivity contribution < 1.29 is 0 Å².